The van der Waals surface area contributed by atoms with Gasteiger partial charge in [0.25, 0.3) is 0 Å². The van der Waals surface area contributed by atoms with E-state index in [0.717, 1.165) is 54.8 Å². The first-order chi connectivity index (χ1) is 22.7. The third kappa shape index (κ3) is 8.70. The first-order valence-corrected chi connectivity index (χ1v) is 20.1. The van der Waals surface area contributed by atoms with Crippen LogP contribution in [0.25, 0.3) is 0 Å². The number of hydrogen-bond acceptors (Lipinski definition) is 6. The molecule has 2 amide bonds. The number of carbonyl (C=O) groups is 2. The number of aliphatic hydroxyl groups excluding tert-OH is 1. The van der Waals surface area contributed by atoms with Gasteiger partial charge in [0.1, 0.15) is 5.75 Å². The monoisotopic (exact) mass is 657 g/mol. The number of aliphatic hydroxyl groups is 1. The lowest BCUT2D eigenvalue weighted by atomic mass is 9.95. The van der Waals surface area contributed by atoms with E-state index in [1.165, 1.54) is 5.19 Å². The molecule has 2 heterocycles. The summed E-state index contributed by atoms with van der Waals surface area (Å²) in [4.78, 5) is 28.3. The fourth-order valence-electron chi connectivity index (χ4n) is 7.61. The van der Waals surface area contributed by atoms with E-state index < -0.39 is 8.07 Å². The molecule has 0 saturated carbocycles. The fourth-order valence-corrected chi connectivity index (χ4v) is 11.7. The molecular formula is C38H51N3O5Si. The first-order valence-electron chi connectivity index (χ1n) is 17.1. The van der Waals surface area contributed by atoms with E-state index in [4.69, 9.17) is 9.47 Å². The molecule has 2 fully saturated rings. The second-order valence-corrected chi connectivity index (χ2v) is 18.3. The summed E-state index contributed by atoms with van der Waals surface area (Å²) in [5.41, 5.74) is 3.22. The SMILES string of the molecule is COc1ccc([Si](C)(C)[C@@H]2[C@@H](C)[C@@H](CCc3cccc(NC(=O)[C@H]4CCCN4)c3)O[C@H]2CC(=O)N(CCO)Cc2ccccc2)cc1. The number of nitrogens with zero attached hydrogens (tertiary/aromatic N) is 1. The fraction of sp³-hybridized carbons (Fsp3) is 0.474. The summed E-state index contributed by atoms with van der Waals surface area (Å²) in [5, 5.41) is 17.5. The zero-order chi connectivity index (χ0) is 33.4. The molecule has 0 aromatic heterocycles. The zero-order valence-electron chi connectivity index (χ0n) is 28.3. The van der Waals surface area contributed by atoms with Crippen molar-refractivity contribution in [2.75, 3.05) is 32.1 Å². The molecule has 0 spiro atoms. The molecule has 47 heavy (non-hydrogen) atoms. The van der Waals surface area contributed by atoms with Crippen molar-refractivity contribution in [1.29, 1.82) is 0 Å². The number of ether oxygens (including phenoxy) is 2. The van der Waals surface area contributed by atoms with Crippen molar-refractivity contribution in [2.24, 2.45) is 5.92 Å². The average molecular weight is 658 g/mol. The van der Waals surface area contributed by atoms with Gasteiger partial charge in [-0.3, -0.25) is 9.59 Å². The van der Waals surface area contributed by atoms with Crippen LogP contribution in [-0.4, -0.2) is 75.0 Å². The van der Waals surface area contributed by atoms with E-state index in [2.05, 4.69) is 54.9 Å². The van der Waals surface area contributed by atoms with E-state index in [1.807, 2.05) is 54.6 Å². The van der Waals surface area contributed by atoms with Crippen LogP contribution in [-0.2, 0) is 27.3 Å². The molecule has 3 aromatic rings. The van der Waals surface area contributed by atoms with Crippen LogP contribution in [0, 0.1) is 5.92 Å². The Labute approximate surface area is 280 Å². The Balaban J connectivity index is 1.33. The third-order valence-corrected chi connectivity index (χ3v) is 14.6. The largest absolute Gasteiger partial charge is 0.497 e. The van der Waals surface area contributed by atoms with Crippen LogP contribution in [0.4, 0.5) is 5.69 Å². The van der Waals surface area contributed by atoms with Crippen molar-refractivity contribution in [3.63, 3.8) is 0 Å². The molecule has 2 aliphatic heterocycles. The van der Waals surface area contributed by atoms with Crippen LogP contribution >= 0.6 is 0 Å². The summed E-state index contributed by atoms with van der Waals surface area (Å²) < 4.78 is 12.3. The van der Waals surface area contributed by atoms with E-state index in [1.54, 1.807) is 12.0 Å². The summed E-state index contributed by atoms with van der Waals surface area (Å²) in [6.07, 6.45) is 3.56. The minimum Gasteiger partial charge on any atom is -0.497 e. The molecule has 3 N–H and O–H groups in total. The summed E-state index contributed by atoms with van der Waals surface area (Å²) in [6.45, 7) is 8.61. The highest BCUT2D eigenvalue weighted by Gasteiger charge is 2.51. The Morgan fingerprint density at radius 1 is 1.02 bits per heavy atom. The van der Waals surface area contributed by atoms with Crippen molar-refractivity contribution >= 4 is 30.8 Å². The lowest BCUT2D eigenvalue weighted by molar-refractivity contribution is -0.135. The van der Waals surface area contributed by atoms with Crippen LogP contribution < -0.4 is 20.6 Å². The maximum absolute atomic E-state index is 13.9. The molecule has 2 saturated heterocycles. The number of anilines is 1. The number of aryl methyl sites for hydroxylation is 1. The molecule has 8 nitrogen and oxygen atoms in total. The van der Waals surface area contributed by atoms with Crippen LogP contribution in [0.2, 0.25) is 18.6 Å². The molecule has 2 aliphatic rings. The smallest absolute Gasteiger partial charge is 0.241 e. The van der Waals surface area contributed by atoms with Crippen molar-refractivity contribution in [3.8, 4) is 5.75 Å². The number of hydrogen-bond donors (Lipinski definition) is 3. The van der Waals surface area contributed by atoms with Crippen LogP contribution in [0.3, 0.4) is 0 Å². The minimum atomic E-state index is -2.15. The van der Waals surface area contributed by atoms with Crippen molar-refractivity contribution in [3.05, 3.63) is 90.0 Å². The first kappa shape index (κ1) is 34.8. The summed E-state index contributed by atoms with van der Waals surface area (Å²) in [6, 6.07) is 26.3. The molecule has 3 aromatic carbocycles. The Morgan fingerprint density at radius 3 is 2.45 bits per heavy atom. The van der Waals surface area contributed by atoms with Gasteiger partial charge in [-0.2, -0.15) is 0 Å². The maximum atomic E-state index is 13.9. The molecular weight excluding hydrogens is 607 g/mol. The van der Waals surface area contributed by atoms with Crippen LogP contribution in [0.15, 0.2) is 78.9 Å². The van der Waals surface area contributed by atoms with E-state index >= 15 is 0 Å². The molecule has 0 radical (unpaired) electrons. The Hall–Kier alpha value is -3.50. The van der Waals surface area contributed by atoms with E-state index in [-0.39, 0.29) is 61.1 Å². The lowest BCUT2D eigenvalue weighted by Gasteiger charge is -2.36. The highest BCUT2D eigenvalue weighted by molar-refractivity contribution is 6.91. The van der Waals surface area contributed by atoms with Gasteiger partial charge in [-0.05, 0) is 79.1 Å². The minimum absolute atomic E-state index is 0.00507. The predicted molar refractivity (Wildman–Crippen MR) is 190 cm³/mol. The zero-order valence-corrected chi connectivity index (χ0v) is 29.3. The van der Waals surface area contributed by atoms with Gasteiger partial charge in [-0.25, -0.2) is 0 Å². The number of amides is 2. The molecule has 0 bridgehead atoms. The molecule has 252 valence electrons. The van der Waals surface area contributed by atoms with Gasteiger partial charge >= 0.3 is 0 Å². The maximum Gasteiger partial charge on any atom is 0.241 e. The second kappa shape index (κ2) is 16.1. The van der Waals surface area contributed by atoms with E-state index in [0.29, 0.717) is 6.54 Å². The van der Waals surface area contributed by atoms with Crippen molar-refractivity contribution < 1.29 is 24.2 Å². The van der Waals surface area contributed by atoms with Gasteiger partial charge in [-0.15, -0.1) is 0 Å². The molecule has 5 atom stereocenters. The summed E-state index contributed by atoms with van der Waals surface area (Å²) in [5.74, 6) is 1.10. The number of nitrogens with one attached hydrogen (secondary N) is 2. The summed E-state index contributed by atoms with van der Waals surface area (Å²) in [7, 11) is -0.466. The van der Waals surface area contributed by atoms with Crippen LogP contribution in [0.1, 0.15) is 43.7 Å². The van der Waals surface area contributed by atoms with Crippen molar-refractivity contribution in [2.45, 2.75) is 82.5 Å². The number of benzene rings is 3. The highest BCUT2D eigenvalue weighted by Crippen LogP contribution is 2.46. The number of carbonyl (C=O) groups excluding carboxylic acids is 2. The number of methoxy groups -OCH3 is 1. The van der Waals surface area contributed by atoms with E-state index in [9.17, 15) is 14.7 Å². The average Bonchev–Trinajstić information content (AvgIpc) is 3.73. The van der Waals surface area contributed by atoms with Crippen LogP contribution in [0.5, 0.6) is 5.75 Å². The second-order valence-electron chi connectivity index (χ2n) is 13.7. The Kier molecular flexibility index (Phi) is 11.9. The molecule has 5 rings (SSSR count). The topological polar surface area (TPSA) is 100 Å². The van der Waals surface area contributed by atoms with Gasteiger partial charge < -0.3 is 30.1 Å². The third-order valence-electron chi connectivity index (χ3n) is 10.2. The predicted octanol–water partition coefficient (Wildman–Crippen LogP) is 5.12. The molecule has 0 aliphatic carbocycles. The summed E-state index contributed by atoms with van der Waals surface area (Å²) >= 11 is 0. The Bertz CT molecular complexity index is 1460. The van der Waals surface area contributed by atoms with Gasteiger partial charge in [0.15, 0.2) is 0 Å². The van der Waals surface area contributed by atoms with Gasteiger partial charge in [0, 0.05) is 18.8 Å². The van der Waals surface area contributed by atoms with Gasteiger partial charge in [-0.1, -0.05) is 79.8 Å². The molecule has 9 heteroatoms. The van der Waals surface area contributed by atoms with Gasteiger partial charge in [0.05, 0.1) is 46.5 Å². The normalized spacial score (nSPS) is 22.6. The van der Waals surface area contributed by atoms with Crippen molar-refractivity contribution in [1.82, 2.24) is 10.2 Å². The number of rotatable bonds is 14. The quantitative estimate of drug-likeness (QED) is 0.208. The standard InChI is InChI=1S/C38H51N3O5Si/c1-27-34(20-15-28-12-8-13-30(24-28)40-38(44)33-14-9-21-39-33)46-35(37(27)47(3,4)32-18-16-31(45-2)17-19-32)25-36(43)41(22-23-42)26-29-10-6-5-7-11-29/h5-8,10-13,16-19,24,27,33-35,37,39,42H,9,14-15,20-23,25-26H2,1-4H3,(H,40,44)/t27-,33+,34+,35-,37+/m0/s1. The molecule has 0 unspecified atom stereocenters. The van der Waals surface area contributed by atoms with Gasteiger partial charge in [0.2, 0.25) is 11.8 Å². The lowest BCUT2D eigenvalue weighted by Crippen LogP contribution is -2.51. The Morgan fingerprint density at radius 2 is 1.77 bits per heavy atom. The highest BCUT2D eigenvalue weighted by atomic mass is 28.3.